The van der Waals surface area contributed by atoms with Crippen molar-refractivity contribution in [3.8, 4) is 11.5 Å². The number of benzene rings is 2. The van der Waals surface area contributed by atoms with Gasteiger partial charge in [-0.05, 0) is 56.5 Å². The maximum Gasteiger partial charge on any atom is 0.335 e. The minimum atomic E-state index is -0.925. The monoisotopic (exact) mass is 439 g/mol. The first-order valence-corrected chi connectivity index (χ1v) is 12.0. The van der Waals surface area contributed by atoms with E-state index in [0.717, 1.165) is 75.4 Å². The van der Waals surface area contributed by atoms with Crippen LogP contribution in [0.5, 0.6) is 11.5 Å². The molecule has 32 heavy (non-hydrogen) atoms. The number of rotatable bonds is 13. The molecule has 174 valence electrons. The maximum absolute atomic E-state index is 12.0. The number of aromatic carboxylic acids is 1. The largest absolute Gasteiger partial charge is 0.478 e. The molecule has 6 heteroatoms. The SMILES string of the molecule is CCCCN(CCCC)c1cc(C(=O)O)cc(NCC2CCCN2)c1Oc1ccccc1. The van der Waals surface area contributed by atoms with Crippen molar-refractivity contribution in [3.63, 3.8) is 0 Å². The van der Waals surface area contributed by atoms with Gasteiger partial charge in [0.05, 0.1) is 16.9 Å². The summed E-state index contributed by atoms with van der Waals surface area (Å²) >= 11 is 0. The number of para-hydroxylation sites is 1. The molecule has 2 aromatic carbocycles. The predicted octanol–water partition coefficient (Wildman–Crippen LogP) is 5.75. The Kier molecular flexibility index (Phi) is 9.23. The van der Waals surface area contributed by atoms with Crippen LogP contribution in [0.3, 0.4) is 0 Å². The van der Waals surface area contributed by atoms with E-state index in [1.807, 2.05) is 30.3 Å². The zero-order valence-corrected chi connectivity index (χ0v) is 19.4. The lowest BCUT2D eigenvalue weighted by Crippen LogP contribution is -2.30. The summed E-state index contributed by atoms with van der Waals surface area (Å²) in [6.07, 6.45) is 6.53. The summed E-state index contributed by atoms with van der Waals surface area (Å²) < 4.78 is 6.41. The average molecular weight is 440 g/mol. The second-order valence-electron chi connectivity index (χ2n) is 8.46. The first kappa shape index (κ1) is 23.9. The van der Waals surface area contributed by atoms with Crippen LogP contribution in [0.2, 0.25) is 0 Å². The van der Waals surface area contributed by atoms with Gasteiger partial charge >= 0.3 is 5.97 Å². The van der Waals surface area contributed by atoms with E-state index in [1.54, 1.807) is 12.1 Å². The third kappa shape index (κ3) is 6.63. The summed E-state index contributed by atoms with van der Waals surface area (Å²) in [5, 5.41) is 16.8. The number of nitrogens with zero attached hydrogens (tertiary/aromatic N) is 1. The zero-order valence-electron chi connectivity index (χ0n) is 19.4. The van der Waals surface area contributed by atoms with Crippen LogP contribution in [0.25, 0.3) is 0 Å². The van der Waals surface area contributed by atoms with Gasteiger partial charge in [-0.3, -0.25) is 0 Å². The molecule has 1 saturated heterocycles. The Morgan fingerprint density at radius 1 is 1.16 bits per heavy atom. The average Bonchev–Trinajstić information content (AvgIpc) is 3.33. The van der Waals surface area contributed by atoms with E-state index < -0.39 is 5.97 Å². The zero-order chi connectivity index (χ0) is 22.8. The Morgan fingerprint density at radius 2 is 1.88 bits per heavy atom. The first-order chi connectivity index (χ1) is 15.6. The molecule has 0 spiro atoms. The smallest absolute Gasteiger partial charge is 0.335 e. The lowest BCUT2D eigenvalue weighted by molar-refractivity contribution is 0.0697. The molecule has 1 aliphatic heterocycles. The minimum Gasteiger partial charge on any atom is -0.478 e. The number of ether oxygens (including phenoxy) is 1. The predicted molar refractivity (Wildman–Crippen MR) is 131 cm³/mol. The fourth-order valence-electron chi connectivity index (χ4n) is 4.03. The van der Waals surface area contributed by atoms with Crippen LogP contribution >= 0.6 is 0 Å². The van der Waals surface area contributed by atoms with Gasteiger partial charge in [0, 0.05) is 25.7 Å². The molecule has 2 aromatic rings. The number of carboxylic acid groups (broad SMARTS) is 1. The molecule has 1 unspecified atom stereocenters. The molecule has 1 atom stereocenters. The molecule has 6 nitrogen and oxygen atoms in total. The van der Waals surface area contributed by atoms with Crippen molar-refractivity contribution in [3.05, 3.63) is 48.0 Å². The van der Waals surface area contributed by atoms with E-state index in [-0.39, 0.29) is 5.56 Å². The van der Waals surface area contributed by atoms with Gasteiger partial charge in [0.1, 0.15) is 5.75 Å². The summed E-state index contributed by atoms with van der Waals surface area (Å²) in [4.78, 5) is 14.3. The van der Waals surface area contributed by atoms with Crippen LogP contribution in [0, 0.1) is 0 Å². The first-order valence-electron chi connectivity index (χ1n) is 12.0. The molecule has 0 radical (unpaired) electrons. The van der Waals surface area contributed by atoms with Crippen molar-refractivity contribution in [2.45, 2.75) is 58.4 Å². The van der Waals surface area contributed by atoms with Gasteiger partial charge < -0.3 is 25.4 Å². The van der Waals surface area contributed by atoms with Crippen LogP contribution < -0.4 is 20.3 Å². The number of unbranched alkanes of at least 4 members (excludes halogenated alkanes) is 2. The number of carboxylic acids is 1. The molecule has 1 aliphatic rings. The fourth-order valence-corrected chi connectivity index (χ4v) is 4.03. The highest BCUT2D eigenvalue weighted by Crippen LogP contribution is 2.41. The summed E-state index contributed by atoms with van der Waals surface area (Å²) in [6.45, 7) is 7.85. The molecule has 0 amide bonds. The highest BCUT2D eigenvalue weighted by atomic mass is 16.5. The molecule has 3 rings (SSSR count). The van der Waals surface area contributed by atoms with Crippen molar-refractivity contribution in [1.82, 2.24) is 5.32 Å². The Bertz CT molecular complexity index is 843. The van der Waals surface area contributed by atoms with Crippen molar-refractivity contribution in [2.75, 3.05) is 36.4 Å². The van der Waals surface area contributed by atoms with E-state index in [1.165, 1.54) is 6.42 Å². The number of hydrogen-bond donors (Lipinski definition) is 3. The van der Waals surface area contributed by atoms with Gasteiger partial charge in [0.15, 0.2) is 5.75 Å². The topological polar surface area (TPSA) is 73.8 Å². The van der Waals surface area contributed by atoms with Crippen LogP contribution in [0.1, 0.15) is 62.7 Å². The highest BCUT2D eigenvalue weighted by molar-refractivity contribution is 5.92. The summed E-state index contributed by atoms with van der Waals surface area (Å²) in [5.74, 6) is 0.515. The standard InChI is InChI=1S/C26H37N3O3/c1-3-5-15-29(16-6-4-2)24-18-20(26(30)31)17-23(28-19-21-11-10-14-27-21)25(24)32-22-12-8-7-9-13-22/h7-9,12-13,17-18,21,27-28H,3-6,10-11,14-16,19H2,1-2H3,(H,30,31). The number of carbonyl (C=O) groups is 1. The Balaban J connectivity index is 2.03. The van der Waals surface area contributed by atoms with Gasteiger partial charge in [-0.2, -0.15) is 0 Å². The lowest BCUT2D eigenvalue weighted by atomic mass is 10.1. The third-order valence-electron chi connectivity index (χ3n) is 5.88. The number of nitrogens with one attached hydrogen (secondary N) is 2. The second-order valence-corrected chi connectivity index (χ2v) is 8.46. The molecule has 3 N–H and O–H groups in total. The molecule has 0 aromatic heterocycles. The van der Waals surface area contributed by atoms with Crippen molar-refractivity contribution in [2.24, 2.45) is 0 Å². The highest BCUT2D eigenvalue weighted by Gasteiger charge is 2.22. The number of anilines is 2. The van der Waals surface area contributed by atoms with E-state index >= 15 is 0 Å². The molecule has 0 aliphatic carbocycles. The van der Waals surface area contributed by atoms with Gasteiger partial charge in [0.2, 0.25) is 0 Å². The van der Waals surface area contributed by atoms with E-state index in [9.17, 15) is 9.90 Å². The van der Waals surface area contributed by atoms with E-state index in [0.29, 0.717) is 11.8 Å². The number of hydrogen-bond acceptors (Lipinski definition) is 5. The Morgan fingerprint density at radius 3 is 2.47 bits per heavy atom. The molecular formula is C26H37N3O3. The molecule has 0 saturated carbocycles. The quantitative estimate of drug-likeness (QED) is 0.369. The summed E-state index contributed by atoms with van der Waals surface area (Å²) in [7, 11) is 0. The van der Waals surface area contributed by atoms with Crippen LogP contribution in [-0.2, 0) is 0 Å². The summed E-state index contributed by atoms with van der Waals surface area (Å²) in [5.41, 5.74) is 1.85. The fraction of sp³-hybridized carbons (Fsp3) is 0.500. The van der Waals surface area contributed by atoms with Gasteiger partial charge in [-0.1, -0.05) is 44.9 Å². The van der Waals surface area contributed by atoms with E-state index in [2.05, 4.69) is 29.4 Å². The van der Waals surface area contributed by atoms with E-state index in [4.69, 9.17) is 4.74 Å². The summed E-state index contributed by atoms with van der Waals surface area (Å²) in [6, 6.07) is 13.6. The van der Waals surface area contributed by atoms with Crippen LogP contribution in [0.15, 0.2) is 42.5 Å². The minimum absolute atomic E-state index is 0.278. The van der Waals surface area contributed by atoms with Crippen molar-refractivity contribution < 1.29 is 14.6 Å². The normalized spacial score (nSPS) is 15.5. The maximum atomic E-state index is 12.0. The van der Waals surface area contributed by atoms with Gasteiger partial charge in [0.25, 0.3) is 0 Å². The van der Waals surface area contributed by atoms with Crippen LogP contribution in [0.4, 0.5) is 11.4 Å². The van der Waals surface area contributed by atoms with Gasteiger partial charge in [-0.25, -0.2) is 4.79 Å². The Hall–Kier alpha value is -2.73. The van der Waals surface area contributed by atoms with Crippen molar-refractivity contribution in [1.29, 1.82) is 0 Å². The molecular weight excluding hydrogens is 402 g/mol. The molecule has 0 bridgehead atoms. The molecule has 1 heterocycles. The van der Waals surface area contributed by atoms with Crippen molar-refractivity contribution >= 4 is 17.3 Å². The third-order valence-corrected chi connectivity index (χ3v) is 5.88. The molecule has 1 fully saturated rings. The Labute approximate surface area is 192 Å². The van der Waals surface area contributed by atoms with Gasteiger partial charge in [-0.15, -0.1) is 0 Å². The van der Waals surface area contributed by atoms with Crippen LogP contribution in [-0.4, -0.2) is 43.3 Å². The second kappa shape index (κ2) is 12.3. The lowest BCUT2D eigenvalue weighted by Gasteiger charge is -2.29.